The van der Waals surface area contributed by atoms with Gasteiger partial charge in [-0.05, 0) is 6.07 Å². The molecule has 0 spiro atoms. The minimum Gasteiger partial charge on any atom is -0.543 e. The van der Waals surface area contributed by atoms with Crippen LogP contribution >= 0.6 is 0 Å². The zero-order valence-corrected chi connectivity index (χ0v) is 11.1. The van der Waals surface area contributed by atoms with Crippen molar-refractivity contribution in [2.45, 2.75) is 0 Å². The lowest BCUT2D eigenvalue weighted by Gasteiger charge is -2.14. The molecule has 1 heterocycles. The molecule has 0 saturated carbocycles. The lowest BCUT2D eigenvalue weighted by Crippen LogP contribution is -2.31. The summed E-state index contributed by atoms with van der Waals surface area (Å²) in [7, 11) is -1.11. The molecule has 0 atom stereocenters. The number of carbonyl (C=O) groups excluding carboxylic acids is 1. The second-order valence-corrected chi connectivity index (χ2v) is 5.98. The smallest absolute Gasteiger partial charge is 0.301 e. The monoisotopic (exact) mass is 282 g/mol. The summed E-state index contributed by atoms with van der Waals surface area (Å²) in [6.07, 6.45) is 0. The summed E-state index contributed by atoms with van der Waals surface area (Å²) >= 11 is 0. The van der Waals surface area contributed by atoms with E-state index in [2.05, 4.69) is 9.71 Å². The Kier molecular flexibility index (Phi) is 3.21. The van der Waals surface area contributed by atoms with E-state index in [0.29, 0.717) is 10.9 Å². The van der Waals surface area contributed by atoms with Crippen molar-refractivity contribution < 1.29 is 18.3 Å². The first-order chi connectivity index (χ1) is 8.83. The van der Waals surface area contributed by atoms with Crippen LogP contribution in [-0.4, -0.2) is 37.8 Å². The first kappa shape index (κ1) is 13.4. The third-order valence-corrected chi connectivity index (χ3v) is 4.05. The maximum absolute atomic E-state index is 11.8. The Morgan fingerprint density at radius 3 is 2.53 bits per heavy atom. The van der Waals surface area contributed by atoms with Crippen LogP contribution in [0.4, 0.5) is 5.69 Å². The Labute approximate surface area is 110 Å². The number of para-hydroxylation sites is 1. The molecule has 0 fully saturated rings. The molecule has 0 amide bonds. The molecule has 2 rings (SSSR count). The number of aromatic amines is 1. The van der Waals surface area contributed by atoms with E-state index < -0.39 is 16.2 Å². The third kappa shape index (κ3) is 2.40. The van der Waals surface area contributed by atoms with Crippen molar-refractivity contribution in [2.24, 2.45) is 0 Å². The molecule has 0 saturated heterocycles. The Morgan fingerprint density at radius 2 is 1.95 bits per heavy atom. The van der Waals surface area contributed by atoms with Gasteiger partial charge in [-0.2, -0.15) is 12.7 Å². The number of nitrogens with one attached hydrogen (secondary N) is 2. The van der Waals surface area contributed by atoms with E-state index in [1.165, 1.54) is 14.1 Å². The van der Waals surface area contributed by atoms with Crippen molar-refractivity contribution in [3.05, 3.63) is 30.0 Å². The molecule has 0 aliphatic heterocycles. The zero-order chi connectivity index (χ0) is 14.2. The normalized spacial score (nSPS) is 11.9. The largest absolute Gasteiger partial charge is 0.543 e. The van der Waals surface area contributed by atoms with Gasteiger partial charge in [-0.3, -0.25) is 4.72 Å². The Morgan fingerprint density at radius 1 is 1.32 bits per heavy atom. The summed E-state index contributed by atoms with van der Waals surface area (Å²) in [6.45, 7) is 0. The van der Waals surface area contributed by atoms with Crippen LogP contribution in [0.5, 0.6) is 0 Å². The molecule has 0 aliphatic rings. The Hall–Kier alpha value is -2.06. The van der Waals surface area contributed by atoms with Gasteiger partial charge in [-0.25, -0.2) is 0 Å². The predicted molar refractivity (Wildman–Crippen MR) is 68.9 cm³/mol. The molecule has 8 heteroatoms. The fraction of sp³-hybridized carbons (Fsp3) is 0.182. The average Bonchev–Trinajstić information content (AvgIpc) is 2.68. The second-order valence-electron chi connectivity index (χ2n) is 4.10. The fourth-order valence-corrected chi connectivity index (χ4v) is 2.27. The molecule has 2 N–H and O–H groups in total. The molecule has 0 radical (unpaired) electrons. The molecule has 1 aromatic carbocycles. The van der Waals surface area contributed by atoms with Crippen LogP contribution in [0.3, 0.4) is 0 Å². The number of carboxylic acid groups (broad SMARTS) is 1. The molecule has 1 aromatic heterocycles. The number of H-pyrrole nitrogens is 1. The third-order valence-electron chi connectivity index (χ3n) is 2.62. The van der Waals surface area contributed by atoms with Crippen LogP contribution < -0.4 is 9.83 Å². The standard InChI is InChI=1S/C11H13N3O4S/c1-14(2)19(17,18)13-9-7-5-3-4-6-8(7)12-10(9)11(15)16/h3-6,12-13H,1-2H3,(H,15,16)/p-1. The SMILES string of the molecule is CN(C)S(=O)(=O)Nc1c(C(=O)[O-])[nH]c2ccccc12. The number of fused-ring (bicyclic) bond motifs is 1. The summed E-state index contributed by atoms with van der Waals surface area (Å²) in [5, 5.41) is 11.5. The van der Waals surface area contributed by atoms with Crippen molar-refractivity contribution in [1.82, 2.24) is 9.29 Å². The van der Waals surface area contributed by atoms with Crippen molar-refractivity contribution in [2.75, 3.05) is 18.8 Å². The quantitative estimate of drug-likeness (QED) is 0.806. The highest BCUT2D eigenvalue weighted by Crippen LogP contribution is 2.28. The van der Waals surface area contributed by atoms with E-state index in [9.17, 15) is 18.3 Å². The molecule has 0 aliphatic carbocycles. The number of rotatable bonds is 4. The number of carboxylic acids is 1. The van der Waals surface area contributed by atoms with E-state index in [0.717, 1.165) is 4.31 Å². The number of anilines is 1. The van der Waals surface area contributed by atoms with Gasteiger partial charge in [-0.15, -0.1) is 0 Å². The van der Waals surface area contributed by atoms with Gasteiger partial charge in [0.05, 0.1) is 17.4 Å². The van der Waals surface area contributed by atoms with Gasteiger partial charge in [-0.1, -0.05) is 18.2 Å². The molecule has 2 aromatic rings. The van der Waals surface area contributed by atoms with E-state index in [1.807, 2.05) is 0 Å². The highest BCUT2D eigenvalue weighted by molar-refractivity contribution is 7.90. The van der Waals surface area contributed by atoms with Crippen molar-refractivity contribution in [3.63, 3.8) is 0 Å². The molecular weight excluding hydrogens is 270 g/mol. The minimum absolute atomic E-state index is 0.0238. The van der Waals surface area contributed by atoms with E-state index in [4.69, 9.17) is 0 Å². The maximum atomic E-state index is 11.8. The number of aromatic nitrogens is 1. The molecular formula is C11H12N3O4S-. The number of nitrogens with zero attached hydrogens (tertiary/aromatic N) is 1. The first-order valence-electron chi connectivity index (χ1n) is 5.35. The second kappa shape index (κ2) is 4.56. The minimum atomic E-state index is -3.80. The summed E-state index contributed by atoms with van der Waals surface area (Å²) < 4.78 is 26.8. The van der Waals surface area contributed by atoms with Crippen LogP contribution in [0, 0.1) is 0 Å². The molecule has 19 heavy (non-hydrogen) atoms. The number of aromatic carboxylic acids is 1. The number of benzene rings is 1. The Bertz CT molecular complexity index is 733. The van der Waals surface area contributed by atoms with Crippen molar-refractivity contribution in [3.8, 4) is 0 Å². The van der Waals surface area contributed by atoms with E-state index in [1.54, 1.807) is 24.3 Å². The van der Waals surface area contributed by atoms with Crippen LogP contribution in [0.2, 0.25) is 0 Å². The summed E-state index contributed by atoms with van der Waals surface area (Å²) in [5.74, 6) is -1.48. The predicted octanol–water partition coefficient (Wildman–Crippen LogP) is -0.250. The van der Waals surface area contributed by atoms with Gasteiger partial charge >= 0.3 is 10.2 Å². The summed E-state index contributed by atoms with van der Waals surface area (Å²) in [4.78, 5) is 13.7. The van der Waals surface area contributed by atoms with Gasteiger partial charge in [0.2, 0.25) is 0 Å². The first-order valence-corrected chi connectivity index (χ1v) is 6.79. The highest BCUT2D eigenvalue weighted by atomic mass is 32.2. The topological polar surface area (TPSA) is 105 Å². The highest BCUT2D eigenvalue weighted by Gasteiger charge is 2.19. The summed E-state index contributed by atoms with van der Waals surface area (Å²) in [6, 6.07) is 6.66. The lowest BCUT2D eigenvalue weighted by atomic mass is 10.2. The molecule has 0 bridgehead atoms. The van der Waals surface area contributed by atoms with Gasteiger partial charge in [0.25, 0.3) is 0 Å². The molecule has 102 valence electrons. The van der Waals surface area contributed by atoms with Crippen LogP contribution in [0.1, 0.15) is 10.5 Å². The van der Waals surface area contributed by atoms with Crippen molar-refractivity contribution >= 4 is 32.8 Å². The van der Waals surface area contributed by atoms with Gasteiger partial charge in [0.15, 0.2) is 0 Å². The maximum Gasteiger partial charge on any atom is 0.301 e. The fourth-order valence-electron chi connectivity index (χ4n) is 1.62. The summed E-state index contributed by atoms with van der Waals surface area (Å²) in [5.41, 5.74) is 0.189. The number of hydrogen-bond donors (Lipinski definition) is 2. The van der Waals surface area contributed by atoms with Crippen LogP contribution in [-0.2, 0) is 10.2 Å². The van der Waals surface area contributed by atoms with Gasteiger partial charge in [0, 0.05) is 25.0 Å². The van der Waals surface area contributed by atoms with Crippen molar-refractivity contribution in [1.29, 1.82) is 0 Å². The number of hydrogen-bond acceptors (Lipinski definition) is 4. The molecule has 7 nitrogen and oxygen atoms in total. The van der Waals surface area contributed by atoms with E-state index in [-0.39, 0.29) is 11.4 Å². The number of carbonyl (C=O) groups is 1. The van der Waals surface area contributed by atoms with Gasteiger partial charge in [0.1, 0.15) is 0 Å². The lowest BCUT2D eigenvalue weighted by molar-refractivity contribution is -0.255. The van der Waals surface area contributed by atoms with Crippen LogP contribution in [0.25, 0.3) is 10.9 Å². The zero-order valence-electron chi connectivity index (χ0n) is 10.3. The van der Waals surface area contributed by atoms with Gasteiger partial charge < -0.3 is 14.9 Å². The molecule has 0 unspecified atom stereocenters. The van der Waals surface area contributed by atoms with Crippen LogP contribution in [0.15, 0.2) is 24.3 Å². The van der Waals surface area contributed by atoms with E-state index >= 15 is 0 Å². The Balaban J connectivity index is 2.64. The average molecular weight is 282 g/mol.